The molecule has 0 N–H and O–H groups in total. The van der Waals surface area contributed by atoms with Gasteiger partial charge < -0.3 is 9.32 Å². The minimum absolute atomic E-state index is 0.0258. The van der Waals surface area contributed by atoms with Crippen molar-refractivity contribution in [2.24, 2.45) is 5.41 Å². The molecular weight excluding hydrogens is 658 g/mol. The maximum atomic E-state index is 6.65. The van der Waals surface area contributed by atoms with Crippen LogP contribution >= 0.6 is 31.9 Å². The summed E-state index contributed by atoms with van der Waals surface area (Å²) in [5, 5.41) is 2.23. The van der Waals surface area contributed by atoms with Gasteiger partial charge in [-0.2, -0.15) is 0 Å². The van der Waals surface area contributed by atoms with Crippen molar-refractivity contribution < 1.29 is 4.42 Å². The second-order valence-corrected chi connectivity index (χ2v) is 15.2. The maximum absolute atomic E-state index is 6.65. The fraction of sp³-hybridized carbons (Fsp3) is 0.231. The summed E-state index contributed by atoms with van der Waals surface area (Å²) in [6.45, 7) is 14.5. The van der Waals surface area contributed by atoms with Gasteiger partial charge in [-0.15, -0.1) is 0 Å². The van der Waals surface area contributed by atoms with Crippen LogP contribution in [0.4, 0.5) is 17.1 Å². The van der Waals surface area contributed by atoms with Crippen LogP contribution in [0.15, 0.2) is 116 Å². The third-order valence-corrected chi connectivity index (χ3v) is 11.8. The van der Waals surface area contributed by atoms with Gasteiger partial charge in [0.2, 0.25) is 0 Å². The van der Waals surface area contributed by atoms with E-state index >= 15 is 0 Å². The standard InChI is InChI=1S/C39H35Br2NO/c1-37(2)32-20-11-24(22-33(32)38(3,4)39(37,5)6)25-21-31-30-9-7-8-10-35(30)43-36(31)34(23-25)42(28-16-12-26(40)13-17-28)29-18-14-27(41)15-19-29/h7-23H,1-6H3. The highest BCUT2D eigenvalue weighted by atomic mass is 79.9. The molecule has 0 atom stereocenters. The summed E-state index contributed by atoms with van der Waals surface area (Å²) in [6.07, 6.45) is 0. The fourth-order valence-corrected chi connectivity index (χ4v) is 7.52. The van der Waals surface area contributed by atoms with Crippen LogP contribution in [0.1, 0.15) is 52.7 Å². The molecule has 2 nitrogen and oxygen atoms in total. The third-order valence-electron chi connectivity index (χ3n) is 10.7. The average molecular weight is 694 g/mol. The lowest BCUT2D eigenvalue weighted by molar-refractivity contribution is 0.125. The van der Waals surface area contributed by atoms with Gasteiger partial charge in [0.15, 0.2) is 5.58 Å². The number of benzene rings is 5. The van der Waals surface area contributed by atoms with Gasteiger partial charge in [0, 0.05) is 31.1 Å². The van der Waals surface area contributed by atoms with Crippen molar-refractivity contribution in [1.82, 2.24) is 0 Å². The lowest BCUT2D eigenvalue weighted by atomic mass is 9.59. The van der Waals surface area contributed by atoms with Gasteiger partial charge in [-0.1, -0.05) is 110 Å². The van der Waals surface area contributed by atoms with Gasteiger partial charge in [-0.05, 0) is 105 Å². The number of halogens is 2. The van der Waals surface area contributed by atoms with E-state index in [1.807, 2.05) is 6.07 Å². The normalized spacial score (nSPS) is 16.5. The fourth-order valence-electron chi connectivity index (χ4n) is 6.99. The highest BCUT2D eigenvalue weighted by Crippen LogP contribution is 2.62. The maximum Gasteiger partial charge on any atom is 0.159 e. The Morgan fingerprint density at radius 3 is 1.77 bits per heavy atom. The Hall–Kier alpha value is -3.34. The molecule has 216 valence electrons. The Morgan fingerprint density at radius 2 is 1.14 bits per heavy atom. The van der Waals surface area contributed by atoms with Crippen molar-refractivity contribution in [2.75, 3.05) is 4.90 Å². The minimum atomic E-state index is 0.0258. The van der Waals surface area contributed by atoms with Crippen LogP contribution < -0.4 is 4.90 Å². The van der Waals surface area contributed by atoms with E-state index < -0.39 is 0 Å². The predicted molar refractivity (Wildman–Crippen MR) is 189 cm³/mol. The van der Waals surface area contributed by atoms with Gasteiger partial charge in [0.25, 0.3) is 0 Å². The summed E-state index contributed by atoms with van der Waals surface area (Å²) >= 11 is 7.26. The van der Waals surface area contributed by atoms with E-state index in [9.17, 15) is 0 Å². The van der Waals surface area contributed by atoms with E-state index in [0.717, 1.165) is 47.9 Å². The Kier molecular flexibility index (Phi) is 6.50. The van der Waals surface area contributed by atoms with Crippen LogP contribution in [0.3, 0.4) is 0 Å². The monoisotopic (exact) mass is 691 g/mol. The number of nitrogens with zero attached hydrogens (tertiary/aromatic N) is 1. The molecule has 6 aromatic rings. The molecule has 0 radical (unpaired) electrons. The first-order valence-electron chi connectivity index (χ1n) is 14.8. The number of furan rings is 1. The Balaban J connectivity index is 1.52. The van der Waals surface area contributed by atoms with E-state index in [1.165, 1.54) is 22.3 Å². The zero-order valence-corrected chi connectivity index (χ0v) is 28.6. The van der Waals surface area contributed by atoms with Crippen LogP contribution in [-0.4, -0.2) is 0 Å². The van der Waals surface area contributed by atoms with Crippen LogP contribution in [0.2, 0.25) is 0 Å². The smallest absolute Gasteiger partial charge is 0.159 e. The molecule has 0 amide bonds. The third kappa shape index (κ3) is 4.24. The van der Waals surface area contributed by atoms with Gasteiger partial charge in [0.05, 0.1) is 5.69 Å². The number of fused-ring (bicyclic) bond motifs is 4. The van der Waals surface area contributed by atoms with Crippen LogP contribution in [0.5, 0.6) is 0 Å². The van der Waals surface area contributed by atoms with Crippen LogP contribution in [0.25, 0.3) is 33.1 Å². The van der Waals surface area contributed by atoms with E-state index in [1.54, 1.807) is 0 Å². The summed E-state index contributed by atoms with van der Waals surface area (Å²) < 4.78 is 8.73. The Labute approximate surface area is 271 Å². The first kappa shape index (κ1) is 28.4. The second kappa shape index (κ2) is 9.84. The number of hydrogen-bond donors (Lipinski definition) is 0. The van der Waals surface area contributed by atoms with Crippen LogP contribution in [0, 0.1) is 5.41 Å². The Morgan fingerprint density at radius 1 is 0.558 bits per heavy atom. The summed E-state index contributed by atoms with van der Waals surface area (Å²) in [4.78, 5) is 2.30. The molecule has 4 heteroatoms. The summed E-state index contributed by atoms with van der Waals surface area (Å²) in [5.74, 6) is 0. The van der Waals surface area contributed by atoms with Gasteiger partial charge in [0.1, 0.15) is 5.58 Å². The van der Waals surface area contributed by atoms with Gasteiger partial charge in [-0.25, -0.2) is 0 Å². The highest BCUT2D eigenvalue weighted by molar-refractivity contribution is 9.10. The minimum Gasteiger partial charge on any atom is -0.454 e. The summed E-state index contributed by atoms with van der Waals surface area (Å²) in [5.41, 5.74) is 10.4. The SMILES string of the molecule is CC1(C)c2ccc(-c3cc(N(c4ccc(Br)cc4)c4ccc(Br)cc4)c4oc5ccccc5c4c3)cc2C(C)(C)C1(C)C. The summed E-state index contributed by atoms with van der Waals surface area (Å²) in [6, 6.07) is 37.1. The first-order chi connectivity index (χ1) is 20.4. The molecule has 1 heterocycles. The molecule has 43 heavy (non-hydrogen) atoms. The van der Waals surface area contributed by atoms with Crippen molar-refractivity contribution in [3.63, 3.8) is 0 Å². The largest absolute Gasteiger partial charge is 0.454 e. The highest BCUT2D eigenvalue weighted by Gasteiger charge is 2.56. The van der Waals surface area contributed by atoms with Gasteiger partial charge in [-0.3, -0.25) is 0 Å². The topological polar surface area (TPSA) is 16.4 Å². The van der Waals surface area contributed by atoms with Crippen LogP contribution in [-0.2, 0) is 10.8 Å². The predicted octanol–water partition coefficient (Wildman–Crippen LogP) is 12.8. The van der Waals surface area contributed by atoms with Crippen molar-refractivity contribution >= 4 is 70.9 Å². The molecule has 0 aliphatic heterocycles. The molecule has 1 aliphatic rings. The van der Waals surface area contributed by atoms with Crippen molar-refractivity contribution in [3.05, 3.63) is 123 Å². The number of hydrogen-bond acceptors (Lipinski definition) is 2. The molecule has 0 unspecified atom stereocenters. The molecule has 0 bridgehead atoms. The second-order valence-electron chi connectivity index (χ2n) is 13.4. The molecule has 5 aromatic carbocycles. The Bertz CT molecular complexity index is 1970. The molecule has 1 aromatic heterocycles. The van der Waals surface area contributed by atoms with Gasteiger partial charge >= 0.3 is 0 Å². The zero-order valence-electron chi connectivity index (χ0n) is 25.4. The molecule has 0 saturated heterocycles. The number of rotatable bonds is 4. The summed E-state index contributed by atoms with van der Waals surface area (Å²) in [7, 11) is 0. The number of anilines is 3. The lowest BCUT2D eigenvalue weighted by Gasteiger charge is -2.44. The van der Waals surface area contributed by atoms with Crippen molar-refractivity contribution in [3.8, 4) is 11.1 Å². The molecular formula is C39H35Br2NO. The van der Waals surface area contributed by atoms with E-state index in [2.05, 4.69) is 175 Å². The van der Waals surface area contributed by atoms with Crippen molar-refractivity contribution in [1.29, 1.82) is 0 Å². The first-order valence-corrected chi connectivity index (χ1v) is 16.4. The van der Waals surface area contributed by atoms with Crippen molar-refractivity contribution in [2.45, 2.75) is 52.4 Å². The molecule has 0 saturated carbocycles. The van der Waals surface area contributed by atoms with E-state index in [0.29, 0.717) is 0 Å². The molecule has 1 aliphatic carbocycles. The molecule has 7 rings (SSSR count). The lowest BCUT2D eigenvalue weighted by Crippen LogP contribution is -2.42. The van der Waals surface area contributed by atoms with E-state index in [4.69, 9.17) is 4.42 Å². The zero-order chi connectivity index (χ0) is 30.3. The number of para-hydroxylation sites is 1. The van der Waals surface area contributed by atoms with E-state index in [-0.39, 0.29) is 16.2 Å². The molecule has 0 spiro atoms. The quantitative estimate of drug-likeness (QED) is 0.183. The average Bonchev–Trinajstić information content (AvgIpc) is 3.41. The molecule has 0 fully saturated rings.